The third-order valence-corrected chi connectivity index (χ3v) is 4.92. The van der Waals surface area contributed by atoms with Crippen LogP contribution in [0.3, 0.4) is 0 Å². The fraction of sp³-hybridized carbons (Fsp3) is 0.647. The van der Waals surface area contributed by atoms with Crippen molar-refractivity contribution in [2.24, 2.45) is 0 Å². The van der Waals surface area contributed by atoms with E-state index in [0.717, 1.165) is 6.04 Å². The van der Waals surface area contributed by atoms with Crippen molar-refractivity contribution in [3.8, 4) is 0 Å². The summed E-state index contributed by atoms with van der Waals surface area (Å²) in [5.41, 5.74) is 2.74. The molecule has 1 aromatic rings. The van der Waals surface area contributed by atoms with E-state index in [2.05, 4.69) is 52.9 Å². The van der Waals surface area contributed by atoms with E-state index in [1.54, 1.807) is 0 Å². The Balaban J connectivity index is 1.53. The Morgan fingerprint density at radius 2 is 1.45 bits per heavy atom. The molecule has 3 heteroatoms. The molecule has 0 saturated carbocycles. The minimum atomic E-state index is 0.811. The first-order valence-corrected chi connectivity index (χ1v) is 7.96. The zero-order valence-electron chi connectivity index (χ0n) is 12.9. The summed E-state index contributed by atoms with van der Waals surface area (Å²) in [7, 11) is 2.23. The SMILES string of the molecule is Cc1ccc(N2CCC(N3CCN(C)CC3)CC2)cc1. The quantitative estimate of drug-likeness (QED) is 0.818. The molecule has 3 rings (SSSR count). The minimum absolute atomic E-state index is 0.811. The Kier molecular flexibility index (Phi) is 4.27. The van der Waals surface area contributed by atoms with Gasteiger partial charge >= 0.3 is 0 Å². The van der Waals surface area contributed by atoms with Gasteiger partial charge in [-0.2, -0.15) is 0 Å². The second kappa shape index (κ2) is 6.15. The summed E-state index contributed by atoms with van der Waals surface area (Å²) < 4.78 is 0. The summed E-state index contributed by atoms with van der Waals surface area (Å²) in [6.07, 6.45) is 2.63. The van der Waals surface area contributed by atoms with E-state index in [1.165, 1.54) is 63.4 Å². The maximum Gasteiger partial charge on any atom is 0.0366 e. The Bertz CT molecular complexity index is 412. The van der Waals surface area contributed by atoms with Gasteiger partial charge in [-0.15, -0.1) is 0 Å². The number of hydrogen-bond acceptors (Lipinski definition) is 3. The van der Waals surface area contributed by atoms with Gasteiger partial charge in [0.05, 0.1) is 0 Å². The molecule has 2 heterocycles. The van der Waals surface area contributed by atoms with Crippen LogP contribution in [0.1, 0.15) is 18.4 Å². The van der Waals surface area contributed by atoms with Gasteiger partial charge in [-0.1, -0.05) is 17.7 Å². The van der Waals surface area contributed by atoms with Crippen molar-refractivity contribution in [3.63, 3.8) is 0 Å². The lowest BCUT2D eigenvalue weighted by Gasteiger charge is -2.42. The highest BCUT2D eigenvalue weighted by atomic mass is 15.3. The van der Waals surface area contributed by atoms with Crippen LogP contribution in [-0.4, -0.2) is 62.2 Å². The lowest BCUT2D eigenvalue weighted by molar-refractivity contribution is 0.0982. The van der Waals surface area contributed by atoms with Crippen molar-refractivity contribution in [1.82, 2.24) is 9.80 Å². The number of rotatable bonds is 2. The molecule has 0 unspecified atom stereocenters. The number of aryl methyl sites for hydroxylation is 1. The van der Waals surface area contributed by atoms with E-state index in [0.29, 0.717) is 0 Å². The molecule has 0 aromatic heterocycles. The topological polar surface area (TPSA) is 9.72 Å². The summed E-state index contributed by atoms with van der Waals surface area (Å²) in [4.78, 5) is 7.70. The molecule has 1 aromatic carbocycles. The monoisotopic (exact) mass is 273 g/mol. The second-order valence-electron chi connectivity index (χ2n) is 6.39. The number of nitrogens with zero attached hydrogens (tertiary/aromatic N) is 3. The standard InChI is InChI=1S/C17H27N3/c1-15-3-5-16(6-4-15)19-9-7-17(8-10-19)20-13-11-18(2)12-14-20/h3-6,17H,7-14H2,1-2H3. The van der Waals surface area contributed by atoms with E-state index in [9.17, 15) is 0 Å². The summed E-state index contributed by atoms with van der Waals surface area (Å²) in [5.74, 6) is 0. The summed E-state index contributed by atoms with van der Waals surface area (Å²) >= 11 is 0. The highest BCUT2D eigenvalue weighted by Crippen LogP contribution is 2.23. The third kappa shape index (κ3) is 3.15. The smallest absolute Gasteiger partial charge is 0.0366 e. The molecule has 2 saturated heterocycles. The zero-order valence-corrected chi connectivity index (χ0v) is 12.9. The molecule has 0 bridgehead atoms. The van der Waals surface area contributed by atoms with Crippen LogP contribution < -0.4 is 4.90 Å². The molecule has 2 fully saturated rings. The number of likely N-dealkylation sites (N-methyl/N-ethyl adjacent to an activating group) is 1. The van der Waals surface area contributed by atoms with Crippen LogP contribution in [0.5, 0.6) is 0 Å². The van der Waals surface area contributed by atoms with E-state index in [-0.39, 0.29) is 0 Å². The van der Waals surface area contributed by atoms with Crippen LogP contribution in [0, 0.1) is 6.92 Å². The van der Waals surface area contributed by atoms with Crippen LogP contribution in [-0.2, 0) is 0 Å². The van der Waals surface area contributed by atoms with Crippen LogP contribution in [0.15, 0.2) is 24.3 Å². The van der Waals surface area contributed by atoms with Gasteiger partial charge in [0.25, 0.3) is 0 Å². The van der Waals surface area contributed by atoms with E-state index < -0.39 is 0 Å². The first kappa shape index (κ1) is 13.9. The van der Waals surface area contributed by atoms with Crippen LogP contribution >= 0.6 is 0 Å². The highest BCUT2D eigenvalue weighted by Gasteiger charge is 2.26. The molecule has 0 aliphatic carbocycles. The summed E-state index contributed by atoms with van der Waals surface area (Å²) in [6.45, 7) is 9.55. The molecule has 2 aliphatic heterocycles. The Hall–Kier alpha value is -1.06. The van der Waals surface area contributed by atoms with Crippen molar-refractivity contribution in [2.45, 2.75) is 25.8 Å². The minimum Gasteiger partial charge on any atom is -0.371 e. The van der Waals surface area contributed by atoms with Gasteiger partial charge in [0.2, 0.25) is 0 Å². The number of benzene rings is 1. The molecular formula is C17H27N3. The lowest BCUT2D eigenvalue weighted by Crippen LogP contribution is -2.52. The third-order valence-electron chi connectivity index (χ3n) is 4.92. The van der Waals surface area contributed by atoms with Crippen molar-refractivity contribution >= 4 is 5.69 Å². The molecule has 0 N–H and O–H groups in total. The van der Waals surface area contributed by atoms with Crippen LogP contribution in [0.4, 0.5) is 5.69 Å². The van der Waals surface area contributed by atoms with Crippen LogP contribution in [0.25, 0.3) is 0 Å². The van der Waals surface area contributed by atoms with Crippen molar-refractivity contribution in [3.05, 3.63) is 29.8 Å². The summed E-state index contributed by atoms with van der Waals surface area (Å²) in [6, 6.07) is 9.80. The predicted molar refractivity (Wildman–Crippen MR) is 85.5 cm³/mol. The largest absolute Gasteiger partial charge is 0.371 e. The van der Waals surface area contributed by atoms with Gasteiger partial charge in [0.1, 0.15) is 0 Å². The first-order valence-electron chi connectivity index (χ1n) is 7.96. The maximum absolute atomic E-state index is 2.71. The Labute approximate surface area is 123 Å². The molecular weight excluding hydrogens is 246 g/mol. The summed E-state index contributed by atoms with van der Waals surface area (Å²) in [5, 5.41) is 0. The molecule has 3 nitrogen and oxygen atoms in total. The van der Waals surface area contributed by atoms with Gasteiger partial charge in [-0.25, -0.2) is 0 Å². The number of anilines is 1. The zero-order chi connectivity index (χ0) is 13.9. The van der Waals surface area contributed by atoms with E-state index >= 15 is 0 Å². The van der Waals surface area contributed by atoms with Gasteiger partial charge in [-0.05, 0) is 38.9 Å². The second-order valence-corrected chi connectivity index (χ2v) is 6.39. The van der Waals surface area contributed by atoms with Gasteiger partial charge < -0.3 is 9.80 Å². The maximum atomic E-state index is 2.71. The van der Waals surface area contributed by atoms with Crippen molar-refractivity contribution in [1.29, 1.82) is 0 Å². The molecule has 110 valence electrons. The average molecular weight is 273 g/mol. The molecule has 0 atom stereocenters. The Morgan fingerprint density at radius 1 is 0.850 bits per heavy atom. The van der Waals surface area contributed by atoms with Gasteiger partial charge in [0.15, 0.2) is 0 Å². The van der Waals surface area contributed by atoms with Gasteiger partial charge in [0, 0.05) is 51.0 Å². The number of piperidine rings is 1. The van der Waals surface area contributed by atoms with E-state index in [4.69, 9.17) is 0 Å². The van der Waals surface area contributed by atoms with E-state index in [1.807, 2.05) is 0 Å². The van der Waals surface area contributed by atoms with Gasteiger partial charge in [-0.3, -0.25) is 4.90 Å². The average Bonchev–Trinajstić information content (AvgIpc) is 2.49. The first-order chi connectivity index (χ1) is 9.72. The lowest BCUT2D eigenvalue weighted by atomic mass is 10.0. The van der Waals surface area contributed by atoms with Crippen LogP contribution in [0.2, 0.25) is 0 Å². The molecule has 0 radical (unpaired) electrons. The molecule has 20 heavy (non-hydrogen) atoms. The molecule has 2 aliphatic rings. The van der Waals surface area contributed by atoms with Crippen molar-refractivity contribution in [2.75, 3.05) is 51.2 Å². The Morgan fingerprint density at radius 3 is 2.05 bits per heavy atom. The van der Waals surface area contributed by atoms with Crippen molar-refractivity contribution < 1.29 is 0 Å². The number of piperazine rings is 1. The fourth-order valence-electron chi connectivity index (χ4n) is 3.43. The predicted octanol–water partition coefficient (Wildman–Crippen LogP) is 2.21. The molecule has 0 amide bonds. The normalized spacial score (nSPS) is 23.2. The fourth-order valence-corrected chi connectivity index (χ4v) is 3.43. The highest BCUT2D eigenvalue weighted by molar-refractivity contribution is 5.47. The number of hydrogen-bond donors (Lipinski definition) is 0. The molecule has 0 spiro atoms.